The lowest BCUT2D eigenvalue weighted by Crippen LogP contribution is -2.20. The molecule has 3 aromatic carbocycles. The van der Waals surface area contributed by atoms with Crippen molar-refractivity contribution in [2.24, 2.45) is 0 Å². The number of phenolic OH excluding ortho intramolecular Hbond substituents is 1. The molecule has 1 saturated heterocycles. The van der Waals surface area contributed by atoms with Gasteiger partial charge in [0.05, 0.1) is 7.11 Å². The molecule has 1 aliphatic heterocycles. The molecule has 1 N–H and O–H groups in total. The largest absolute Gasteiger partial charge is 0.508 e. The Morgan fingerprint density at radius 2 is 1.69 bits per heavy atom. The summed E-state index contributed by atoms with van der Waals surface area (Å²) in [6.45, 7) is 2.61. The van der Waals surface area contributed by atoms with Crippen molar-refractivity contribution in [2.45, 2.75) is 18.4 Å². The number of likely N-dealkylation sites (tertiary alicyclic amines) is 1. The van der Waals surface area contributed by atoms with Gasteiger partial charge < -0.3 is 9.84 Å². The summed E-state index contributed by atoms with van der Waals surface area (Å²) in [5.41, 5.74) is 3.41. The molecule has 0 aromatic heterocycles. The summed E-state index contributed by atoms with van der Waals surface area (Å²) in [5.74, 6) is 1.59. The first kappa shape index (κ1) is 20.3. The van der Waals surface area contributed by atoms with Gasteiger partial charge in [-0.05, 0) is 47.5 Å². The Morgan fingerprint density at radius 3 is 2.38 bits per heavy atom. The molecule has 150 valence electrons. The Balaban J connectivity index is 1.65. The molecule has 0 spiro atoms. The molecule has 3 aromatic rings. The molecular formula is C24H23BrClNO2. The minimum Gasteiger partial charge on any atom is -0.508 e. The molecule has 0 bridgehead atoms. The van der Waals surface area contributed by atoms with Crippen LogP contribution in [0.5, 0.6) is 11.5 Å². The first-order chi connectivity index (χ1) is 14.0. The van der Waals surface area contributed by atoms with E-state index in [9.17, 15) is 5.11 Å². The van der Waals surface area contributed by atoms with E-state index in [2.05, 4.69) is 51.2 Å². The molecule has 1 heterocycles. The lowest BCUT2D eigenvalue weighted by molar-refractivity contribution is 0.323. The third-order valence-corrected chi connectivity index (χ3v) is 6.61. The quantitative estimate of drug-likeness (QED) is 0.480. The number of rotatable bonds is 5. The van der Waals surface area contributed by atoms with E-state index in [0.717, 1.165) is 35.4 Å². The van der Waals surface area contributed by atoms with Crippen molar-refractivity contribution in [3.63, 3.8) is 0 Å². The van der Waals surface area contributed by atoms with Crippen LogP contribution in [0.25, 0.3) is 0 Å². The van der Waals surface area contributed by atoms with E-state index in [1.54, 1.807) is 19.2 Å². The number of benzene rings is 3. The first-order valence-electron chi connectivity index (χ1n) is 9.63. The first-order valence-corrected chi connectivity index (χ1v) is 10.8. The van der Waals surface area contributed by atoms with E-state index in [1.807, 2.05) is 24.3 Å². The number of aromatic hydroxyl groups is 1. The molecule has 4 rings (SSSR count). The zero-order valence-electron chi connectivity index (χ0n) is 16.2. The van der Waals surface area contributed by atoms with Crippen molar-refractivity contribution in [1.82, 2.24) is 4.90 Å². The molecule has 3 nitrogen and oxygen atoms in total. The van der Waals surface area contributed by atoms with Crippen molar-refractivity contribution >= 4 is 27.5 Å². The second-order valence-electron chi connectivity index (χ2n) is 7.48. The molecule has 1 aliphatic rings. The standard InChI is InChI=1S/C24H23BrClNO2/c1-29-18-9-6-16(7-10-18)13-27-14-21(19-4-2-3-5-23(19)25)22(15-27)20-12-17(26)8-11-24(20)28/h2-12,21-22,28H,13-15H2,1H3/t21-,22-/m1/s1. The van der Waals surface area contributed by atoms with Crippen LogP contribution in [-0.4, -0.2) is 30.2 Å². The number of methoxy groups -OCH3 is 1. The molecule has 0 radical (unpaired) electrons. The molecule has 0 amide bonds. The Morgan fingerprint density at radius 1 is 1.00 bits per heavy atom. The normalized spacial score (nSPS) is 19.4. The molecular weight excluding hydrogens is 450 g/mol. The third kappa shape index (κ3) is 4.45. The summed E-state index contributed by atoms with van der Waals surface area (Å²) < 4.78 is 6.37. The van der Waals surface area contributed by atoms with Gasteiger partial charge in [-0.15, -0.1) is 0 Å². The highest BCUT2D eigenvalue weighted by Crippen LogP contribution is 2.45. The SMILES string of the molecule is COc1ccc(CN2C[C@H](c3cc(Cl)ccc3O)[C@@H](c3ccccc3Br)C2)cc1. The van der Waals surface area contributed by atoms with Gasteiger partial charge in [0.25, 0.3) is 0 Å². The van der Waals surface area contributed by atoms with Gasteiger partial charge in [-0.25, -0.2) is 0 Å². The third-order valence-electron chi connectivity index (χ3n) is 5.65. The molecule has 5 heteroatoms. The lowest BCUT2D eigenvalue weighted by atomic mass is 9.84. The van der Waals surface area contributed by atoms with Gasteiger partial charge in [0.1, 0.15) is 11.5 Å². The number of hydrogen-bond acceptors (Lipinski definition) is 3. The minimum absolute atomic E-state index is 0.158. The number of nitrogens with zero attached hydrogens (tertiary/aromatic N) is 1. The predicted molar refractivity (Wildman–Crippen MR) is 121 cm³/mol. The smallest absolute Gasteiger partial charge is 0.119 e. The zero-order chi connectivity index (χ0) is 20.4. The lowest BCUT2D eigenvalue weighted by Gasteiger charge is -2.21. The van der Waals surface area contributed by atoms with Crippen LogP contribution in [0.3, 0.4) is 0 Å². The average molecular weight is 473 g/mol. The average Bonchev–Trinajstić information content (AvgIpc) is 3.14. The summed E-state index contributed by atoms with van der Waals surface area (Å²) >= 11 is 9.99. The zero-order valence-corrected chi connectivity index (χ0v) is 18.5. The van der Waals surface area contributed by atoms with Crippen LogP contribution in [0, 0.1) is 0 Å². The summed E-state index contributed by atoms with van der Waals surface area (Å²) in [6.07, 6.45) is 0. The maximum Gasteiger partial charge on any atom is 0.119 e. The van der Waals surface area contributed by atoms with E-state index >= 15 is 0 Å². The van der Waals surface area contributed by atoms with Crippen LogP contribution in [0.2, 0.25) is 5.02 Å². The van der Waals surface area contributed by atoms with Crippen LogP contribution in [0.1, 0.15) is 28.5 Å². The Hall–Kier alpha value is -2.01. The van der Waals surface area contributed by atoms with Crippen molar-refractivity contribution in [3.8, 4) is 11.5 Å². The molecule has 1 fully saturated rings. The van der Waals surface area contributed by atoms with Gasteiger partial charge in [0, 0.05) is 46.5 Å². The molecule has 29 heavy (non-hydrogen) atoms. The van der Waals surface area contributed by atoms with E-state index in [1.165, 1.54) is 11.1 Å². The summed E-state index contributed by atoms with van der Waals surface area (Å²) in [4.78, 5) is 2.44. The Labute approximate surface area is 185 Å². The fourth-order valence-corrected chi connectivity index (χ4v) is 4.99. The second-order valence-corrected chi connectivity index (χ2v) is 8.77. The van der Waals surface area contributed by atoms with E-state index in [4.69, 9.17) is 16.3 Å². The van der Waals surface area contributed by atoms with Gasteiger partial charge in [0.15, 0.2) is 0 Å². The highest BCUT2D eigenvalue weighted by molar-refractivity contribution is 9.10. The maximum absolute atomic E-state index is 10.6. The molecule has 0 unspecified atom stereocenters. The van der Waals surface area contributed by atoms with E-state index in [-0.39, 0.29) is 11.8 Å². The Kier molecular flexibility index (Phi) is 6.14. The predicted octanol–water partition coefficient (Wildman–Crippen LogP) is 6.20. The van der Waals surface area contributed by atoms with Crippen molar-refractivity contribution in [3.05, 3.63) is 92.9 Å². The van der Waals surface area contributed by atoms with Gasteiger partial charge >= 0.3 is 0 Å². The fourth-order valence-electron chi connectivity index (χ4n) is 4.23. The van der Waals surface area contributed by atoms with Gasteiger partial charge in [-0.1, -0.05) is 57.9 Å². The minimum atomic E-state index is 0.158. The highest BCUT2D eigenvalue weighted by Gasteiger charge is 2.37. The summed E-state index contributed by atoms with van der Waals surface area (Å²) in [6, 6.07) is 21.9. The van der Waals surface area contributed by atoms with Crippen molar-refractivity contribution < 1.29 is 9.84 Å². The van der Waals surface area contributed by atoms with E-state index < -0.39 is 0 Å². The van der Waals surface area contributed by atoms with Crippen LogP contribution in [0.15, 0.2) is 71.2 Å². The molecule has 0 saturated carbocycles. The van der Waals surface area contributed by atoms with Crippen LogP contribution < -0.4 is 4.74 Å². The van der Waals surface area contributed by atoms with Crippen molar-refractivity contribution in [1.29, 1.82) is 0 Å². The second kappa shape index (κ2) is 8.78. The number of hydrogen-bond donors (Lipinski definition) is 1. The number of halogens is 2. The van der Waals surface area contributed by atoms with E-state index in [0.29, 0.717) is 10.8 Å². The van der Waals surface area contributed by atoms with Crippen molar-refractivity contribution in [2.75, 3.05) is 20.2 Å². The highest BCUT2D eigenvalue weighted by atomic mass is 79.9. The van der Waals surface area contributed by atoms with Gasteiger partial charge in [0.2, 0.25) is 0 Å². The number of ether oxygens (including phenoxy) is 1. The number of phenols is 1. The van der Waals surface area contributed by atoms with Gasteiger partial charge in [-0.2, -0.15) is 0 Å². The van der Waals surface area contributed by atoms with Crippen LogP contribution in [0.4, 0.5) is 0 Å². The summed E-state index contributed by atoms with van der Waals surface area (Å²) in [7, 11) is 1.68. The molecule has 0 aliphatic carbocycles. The molecule has 2 atom stereocenters. The summed E-state index contributed by atoms with van der Waals surface area (Å²) in [5, 5.41) is 11.2. The van der Waals surface area contributed by atoms with Crippen LogP contribution in [-0.2, 0) is 6.54 Å². The monoisotopic (exact) mass is 471 g/mol. The Bertz CT molecular complexity index is 992. The fraction of sp³-hybridized carbons (Fsp3) is 0.250. The maximum atomic E-state index is 10.6. The van der Waals surface area contributed by atoms with Crippen LogP contribution >= 0.6 is 27.5 Å². The topological polar surface area (TPSA) is 32.7 Å². The van der Waals surface area contributed by atoms with Gasteiger partial charge in [-0.3, -0.25) is 4.90 Å².